The number of anilines is 1. The highest BCUT2D eigenvalue weighted by molar-refractivity contribution is 7.91. The second-order valence-electron chi connectivity index (χ2n) is 4.72. The van der Waals surface area contributed by atoms with Gasteiger partial charge in [-0.3, -0.25) is 0 Å². The van der Waals surface area contributed by atoms with Gasteiger partial charge in [-0.25, -0.2) is 22.0 Å². The molecule has 0 spiro atoms. The Balaban J connectivity index is 3.40. The van der Waals surface area contributed by atoms with E-state index in [1.165, 1.54) is 12.1 Å². The van der Waals surface area contributed by atoms with E-state index in [-0.39, 0.29) is 9.79 Å². The smallest absolute Gasteiger partial charge is 0.238 e. The van der Waals surface area contributed by atoms with Crippen LogP contribution in [0, 0.1) is 0 Å². The highest BCUT2D eigenvalue weighted by atomic mass is 32.2. The zero-order chi connectivity index (χ0) is 15.6. The third-order valence-electron chi connectivity index (χ3n) is 2.92. The fourth-order valence-corrected chi connectivity index (χ4v) is 3.36. The minimum atomic E-state index is -3.93. The number of nitrogens with two attached hydrogens (primary N) is 1. The zero-order valence-electron chi connectivity index (χ0n) is 11.8. The minimum absolute atomic E-state index is 0.0253. The first-order valence-electron chi connectivity index (χ1n) is 6.15. The number of hydrogen-bond donors (Lipinski definition) is 1. The van der Waals surface area contributed by atoms with E-state index in [4.69, 9.17) is 5.14 Å². The van der Waals surface area contributed by atoms with Crippen LogP contribution in [0.25, 0.3) is 0 Å². The van der Waals surface area contributed by atoms with Gasteiger partial charge < -0.3 is 4.90 Å². The van der Waals surface area contributed by atoms with Crippen LogP contribution in [0.4, 0.5) is 5.69 Å². The number of rotatable bonds is 6. The first kappa shape index (κ1) is 16.9. The maximum Gasteiger partial charge on any atom is 0.238 e. The van der Waals surface area contributed by atoms with Gasteiger partial charge in [0, 0.05) is 19.8 Å². The van der Waals surface area contributed by atoms with Gasteiger partial charge in [-0.05, 0) is 24.6 Å². The Hall–Kier alpha value is -1.12. The summed E-state index contributed by atoms with van der Waals surface area (Å²) in [6, 6.07) is 3.91. The molecule has 2 N–H and O–H groups in total. The molecule has 0 unspecified atom stereocenters. The van der Waals surface area contributed by atoms with Crippen LogP contribution in [-0.4, -0.2) is 36.7 Å². The molecule has 0 aromatic heterocycles. The summed E-state index contributed by atoms with van der Waals surface area (Å²) in [5.41, 5.74) is 0.480. The molecule has 0 bridgehead atoms. The van der Waals surface area contributed by atoms with E-state index in [0.29, 0.717) is 12.2 Å². The number of sulfonamides is 1. The number of benzene rings is 1. The van der Waals surface area contributed by atoms with Gasteiger partial charge >= 0.3 is 0 Å². The van der Waals surface area contributed by atoms with E-state index in [1.54, 1.807) is 11.9 Å². The Kier molecular flexibility index (Phi) is 5.17. The fourth-order valence-electron chi connectivity index (χ4n) is 1.80. The van der Waals surface area contributed by atoms with Crippen LogP contribution in [0.15, 0.2) is 28.0 Å². The van der Waals surface area contributed by atoms with E-state index < -0.39 is 19.9 Å². The van der Waals surface area contributed by atoms with Crippen LogP contribution < -0.4 is 10.0 Å². The minimum Gasteiger partial charge on any atom is -0.374 e. The SMILES string of the molecule is CCCCN(C)c1ccc(S(N)(=O)=O)cc1S(C)(=O)=O. The lowest BCUT2D eigenvalue weighted by molar-refractivity contribution is 0.597. The molecule has 0 heterocycles. The molecule has 0 saturated heterocycles. The molecule has 0 amide bonds. The Morgan fingerprint density at radius 3 is 2.25 bits per heavy atom. The molecule has 1 rings (SSSR count). The van der Waals surface area contributed by atoms with Gasteiger partial charge in [-0.15, -0.1) is 0 Å². The van der Waals surface area contributed by atoms with E-state index in [0.717, 1.165) is 25.2 Å². The summed E-state index contributed by atoms with van der Waals surface area (Å²) >= 11 is 0. The standard InChI is InChI=1S/C12H20N2O4S2/c1-4-5-8-14(2)11-7-6-10(20(13,17)18)9-12(11)19(3,15)16/h6-7,9H,4-5,8H2,1-3H3,(H2,13,17,18). The molecule has 6 nitrogen and oxygen atoms in total. The third-order valence-corrected chi connectivity index (χ3v) is 4.95. The number of nitrogens with zero attached hydrogens (tertiary/aromatic N) is 1. The Bertz CT molecular complexity index is 681. The first-order chi connectivity index (χ1) is 9.07. The molecule has 1 aromatic carbocycles. The lowest BCUT2D eigenvalue weighted by Gasteiger charge is -2.22. The zero-order valence-corrected chi connectivity index (χ0v) is 13.5. The highest BCUT2D eigenvalue weighted by Crippen LogP contribution is 2.27. The monoisotopic (exact) mass is 320 g/mol. The molecule has 0 fully saturated rings. The molecule has 8 heteroatoms. The van der Waals surface area contributed by atoms with Gasteiger partial charge in [0.2, 0.25) is 10.0 Å². The first-order valence-corrected chi connectivity index (χ1v) is 9.59. The summed E-state index contributed by atoms with van der Waals surface area (Å²) < 4.78 is 46.4. The number of sulfone groups is 1. The van der Waals surface area contributed by atoms with Crippen LogP contribution in [0.5, 0.6) is 0 Å². The topological polar surface area (TPSA) is 97.5 Å². The number of primary sulfonamides is 1. The van der Waals surface area contributed by atoms with Crippen LogP contribution in [-0.2, 0) is 19.9 Å². The van der Waals surface area contributed by atoms with Gasteiger partial charge in [0.15, 0.2) is 9.84 Å². The lowest BCUT2D eigenvalue weighted by atomic mass is 10.2. The molecule has 0 aliphatic carbocycles. The van der Waals surface area contributed by atoms with Crippen molar-refractivity contribution in [3.8, 4) is 0 Å². The maximum atomic E-state index is 11.8. The average Bonchev–Trinajstić information content (AvgIpc) is 2.33. The molecule has 1 aromatic rings. The van der Waals surface area contributed by atoms with Crippen molar-refractivity contribution >= 4 is 25.5 Å². The van der Waals surface area contributed by atoms with Gasteiger partial charge in [-0.1, -0.05) is 13.3 Å². The molecule has 0 aliphatic rings. The predicted molar refractivity (Wildman–Crippen MR) is 79.1 cm³/mol. The van der Waals surface area contributed by atoms with Crippen LogP contribution in [0.3, 0.4) is 0 Å². The molecule has 0 atom stereocenters. The average molecular weight is 320 g/mol. The summed E-state index contributed by atoms with van der Waals surface area (Å²) in [6.07, 6.45) is 2.94. The quantitative estimate of drug-likeness (QED) is 0.842. The van der Waals surface area contributed by atoms with Gasteiger partial charge in [0.05, 0.1) is 15.5 Å². The molecule has 0 radical (unpaired) electrons. The normalized spacial score (nSPS) is 12.4. The van der Waals surface area contributed by atoms with Crippen LogP contribution in [0.1, 0.15) is 19.8 Å². The van der Waals surface area contributed by atoms with Crippen molar-refractivity contribution in [1.29, 1.82) is 0 Å². The second kappa shape index (κ2) is 6.11. The van der Waals surface area contributed by atoms with Crippen molar-refractivity contribution in [3.05, 3.63) is 18.2 Å². The molecule has 0 saturated carbocycles. The second-order valence-corrected chi connectivity index (χ2v) is 8.27. The van der Waals surface area contributed by atoms with Crippen LogP contribution in [0.2, 0.25) is 0 Å². The lowest BCUT2D eigenvalue weighted by Crippen LogP contribution is -2.21. The number of unbranched alkanes of at least 4 members (excludes halogenated alkanes) is 1. The van der Waals surface area contributed by atoms with E-state index >= 15 is 0 Å². The summed E-state index contributed by atoms with van der Waals surface area (Å²) in [5, 5.41) is 5.04. The van der Waals surface area contributed by atoms with E-state index in [9.17, 15) is 16.8 Å². The van der Waals surface area contributed by atoms with E-state index in [1.807, 2.05) is 6.92 Å². The Labute approximate surface area is 120 Å². The molecule has 114 valence electrons. The Morgan fingerprint density at radius 2 is 1.80 bits per heavy atom. The van der Waals surface area contributed by atoms with Gasteiger partial charge in [0.25, 0.3) is 0 Å². The highest BCUT2D eigenvalue weighted by Gasteiger charge is 2.20. The molecular weight excluding hydrogens is 300 g/mol. The predicted octanol–water partition coefficient (Wildman–Crippen LogP) is 0.974. The molecular formula is C12H20N2O4S2. The van der Waals surface area contributed by atoms with Crippen molar-refractivity contribution in [3.63, 3.8) is 0 Å². The van der Waals surface area contributed by atoms with Gasteiger partial charge in [-0.2, -0.15) is 0 Å². The van der Waals surface area contributed by atoms with Crippen molar-refractivity contribution in [1.82, 2.24) is 0 Å². The van der Waals surface area contributed by atoms with Crippen LogP contribution >= 0.6 is 0 Å². The van der Waals surface area contributed by atoms with E-state index in [2.05, 4.69) is 0 Å². The number of hydrogen-bond acceptors (Lipinski definition) is 5. The summed E-state index contributed by atoms with van der Waals surface area (Å²) in [6.45, 7) is 2.73. The molecule has 20 heavy (non-hydrogen) atoms. The van der Waals surface area contributed by atoms with Crippen molar-refractivity contribution in [2.24, 2.45) is 5.14 Å². The third kappa shape index (κ3) is 4.19. The maximum absolute atomic E-state index is 11.8. The summed E-state index contributed by atoms with van der Waals surface area (Å²) in [7, 11) is -5.70. The Morgan fingerprint density at radius 1 is 1.20 bits per heavy atom. The molecule has 0 aliphatic heterocycles. The fraction of sp³-hybridized carbons (Fsp3) is 0.500. The summed E-state index contributed by atoms with van der Waals surface area (Å²) in [4.78, 5) is 1.57. The van der Waals surface area contributed by atoms with Crippen molar-refractivity contribution < 1.29 is 16.8 Å². The largest absolute Gasteiger partial charge is 0.374 e. The van der Waals surface area contributed by atoms with Crippen molar-refractivity contribution in [2.45, 2.75) is 29.6 Å². The summed E-state index contributed by atoms with van der Waals surface area (Å²) in [5.74, 6) is 0. The van der Waals surface area contributed by atoms with Crippen molar-refractivity contribution in [2.75, 3.05) is 24.7 Å². The van der Waals surface area contributed by atoms with Gasteiger partial charge in [0.1, 0.15) is 0 Å².